The number of amides is 2. The molecule has 0 unspecified atom stereocenters. The van der Waals surface area contributed by atoms with E-state index in [1.165, 1.54) is 18.3 Å². The van der Waals surface area contributed by atoms with Gasteiger partial charge in [-0.3, -0.25) is 0 Å². The fourth-order valence-corrected chi connectivity index (χ4v) is 4.09. The molecule has 0 atom stereocenters. The minimum atomic E-state index is -3.34. The van der Waals surface area contributed by atoms with Crippen LogP contribution >= 0.6 is 0 Å². The van der Waals surface area contributed by atoms with Crippen LogP contribution in [0.25, 0.3) is 0 Å². The van der Waals surface area contributed by atoms with E-state index in [9.17, 15) is 13.2 Å². The highest BCUT2D eigenvalue weighted by Crippen LogP contribution is 2.25. The standard InChI is InChI=1S/C16H18N2O5S/c1-22-15-7-3-2-6-14(15)17-16(19)18-9-13(10-18)24(20,21)11-12-5-4-8-23-12/h2-8,13H,9-11H2,1H3,(H,17,19). The third kappa shape index (κ3) is 3.38. The third-order valence-electron chi connectivity index (χ3n) is 3.92. The van der Waals surface area contributed by atoms with Gasteiger partial charge in [-0.15, -0.1) is 0 Å². The highest BCUT2D eigenvalue weighted by Gasteiger charge is 2.40. The van der Waals surface area contributed by atoms with Crippen LogP contribution in [0.4, 0.5) is 10.5 Å². The van der Waals surface area contributed by atoms with Crippen molar-refractivity contribution in [3.8, 4) is 5.75 Å². The number of furan rings is 1. The number of likely N-dealkylation sites (tertiary alicyclic amines) is 1. The second-order valence-corrected chi connectivity index (χ2v) is 7.83. The van der Waals surface area contributed by atoms with E-state index in [0.29, 0.717) is 17.2 Å². The number of sulfone groups is 1. The lowest BCUT2D eigenvalue weighted by molar-refractivity contribution is 0.182. The number of urea groups is 1. The molecule has 0 radical (unpaired) electrons. The molecule has 1 fully saturated rings. The molecule has 1 saturated heterocycles. The maximum Gasteiger partial charge on any atom is 0.322 e. The number of para-hydroxylation sites is 2. The summed E-state index contributed by atoms with van der Waals surface area (Å²) in [7, 11) is -1.82. The first-order valence-electron chi connectivity index (χ1n) is 7.42. The molecule has 1 aromatic carbocycles. The van der Waals surface area contributed by atoms with Gasteiger partial charge in [0.2, 0.25) is 0 Å². The van der Waals surface area contributed by atoms with Crippen molar-refractivity contribution >= 4 is 21.6 Å². The Bertz CT molecular complexity index is 811. The lowest BCUT2D eigenvalue weighted by Gasteiger charge is -2.38. The lowest BCUT2D eigenvalue weighted by Crippen LogP contribution is -2.58. The normalized spacial score (nSPS) is 15.0. The van der Waals surface area contributed by atoms with Crippen molar-refractivity contribution in [1.29, 1.82) is 0 Å². The zero-order valence-electron chi connectivity index (χ0n) is 13.1. The van der Waals surface area contributed by atoms with Crippen LogP contribution in [-0.4, -0.2) is 44.8 Å². The van der Waals surface area contributed by atoms with Crippen molar-refractivity contribution in [2.75, 3.05) is 25.5 Å². The first kappa shape index (κ1) is 16.4. The van der Waals surface area contributed by atoms with Crippen LogP contribution in [0, 0.1) is 0 Å². The molecular weight excluding hydrogens is 332 g/mol. The minimum absolute atomic E-state index is 0.146. The van der Waals surface area contributed by atoms with Crippen LogP contribution in [0.1, 0.15) is 5.76 Å². The van der Waals surface area contributed by atoms with Crippen molar-refractivity contribution in [3.63, 3.8) is 0 Å². The Morgan fingerprint density at radius 1 is 1.29 bits per heavy atom. The quantitative estimate of drug-likeness (QED) is 0.892. The van der Waals surface area contributed by atoms with Gasteiger partial charge in [-0.25, -0.2) is 13.2 Å². The maximum absolute atomic E-state index is 12.3. The average Bonchev–Trinajstić information content (AvgIpc) is 2.98. The monoisotopic (exact) mass is 350 g/mol. The molecule has 128 valence electrons. The Labute approximate surface area is 140 Å². The van der Waals surface area contributed by atoms with E-state index in [1.807, 2.05) is 0 Å². The van der Waals surface area contributed by atoms with E-state index < -0.39 is 15.1 Å². The van der Waals surface area contributed by atoms with Gasteiger partial charge in [0.05, 0.1) is 24.3 Å². The molecule has 2 amide bonds. The smallest absolute Gasteiger partial charge is 0.322 e. The van der Waals surface area contributed by atoms with Gasteiger partial charge in [0.1, 0.15) is 17.3 Å². The predicted octanol–water partition coefficient (Wildman–Crippen LogP) is 2.12. The van der Waals surface area contributed by atoms with Crippen molar-refractivity contribution in [2.24, 2.45) is 0 Å². The first-order chi connectivity index (χ1) is 11.5. The van der Waals surface area contributed by atoms with Crippen molar-refractivity contribution in [1.82, 2.24) is 4.90 Å². The van der Waals surface area contributed by atoms with E-state index in [1.54, 1.807) is 36.4 Å². The van der Waals surface area contributed by atoms with Crippen LogP contribution in [-0.2, 0) is 15.6 Å². The maximum atomic E-state index is 12.3. The SMILES string of the molecule is COc1ccccc1NC(=O)N1CC(S(=O)(=O)Cc2ccco2)C1. The first-order valence-corrected chi connectivity index (χ1v) is 9.14. The van der Waals surface area contributed by atoms with E-state index >= 15 is 0 Å². The summed E-state index contributed by atoms with van der Waals surface area (Å²) in [4.78, 5) is 13.7. The summed E-state index contributed by atoms with van der Waals surface area (Å²) >= 11 is 0. The van der Waals surface area contributed by atoms with Gasteiger partial charge < -0.3 is 19.4 Å². The number of anilines is 1. The fourth-order valence-electron chi connectivity index (χ4n) is 2.48. The molecule has 1 aliphatic heterocycles. The molecule has 0 aliphatic carbocycles. The van der Waals surface area contributed by atoms with Gasteiger partial charge in [-0.05, 0) is 24.3 Å². The number of methoxy groups -OCH3 is 1. The number of hydrogen-bond acceptors (Lipinski definition) is 5. The topological polar surface area (TPSA) is 88.9 Å². The molecule has 0 spiro atoms. The van der Waals surface area contributed by atoms with Gasteiger partial charge in [-0.1, -0.05) is 12.1 Å². The van der Waals surface area contributed by atoms with Crippen LogP contribution in [0.3, 0.4) is 0 Å². The average molecular weight is 350 g/mol. The molecule has 7 nitrogen and oxygen atoms in total. The Hall–Kier alpha value is -2.48. The van der Waals surface area contributed by atoms with E-state index in [-0.39, 0.29) is 24.9 Å². The summed E-state index contributed by atoms with van der Waals surface area (Å²) in [5, 5.41) is 2.17. The highest BCUT2D eigenvalue weighted by molar-refractivity contribution is 7.91. The number of nitrogens with zero attached hydrogens (tertiary/aromatic N) is 1. The third-order valence-corrected chi connectivity index (χ3v) is 5.92. The number of hydrogen-bond donors (Lipinski definition) is 1. The van der Waals surface area contributed by atoms with E-state index in [0.717, 1.165) is 0 Å². The number of nitrogens with one attached hydrogen (secondary N) is 1. The Morgan fingerprint density at radius 2 is 2.04 bits per heavy atom. The molecule has 8 heteroatoms. The van der Waals surface area contributed by atoms with Crippen LogP contribution < -0.4 is 10.1 Å². The van der Waals surface area contributed by atoms with Gasteiger partial charge in [-0.2, -0.15) is 0 Å². The zero-order chi connectivity index (χ0) is 17.2. The highest BCUT2D eigenvalue weighted by atomic mass is 32.2. The summed E-state index contributed by atoms with van der Waals surface area (Å²) in [6.45, 7) is 0.341. The van der Waals surface area contributed by atoms with Crippen LogP contribution in [0.5, 0.6) is 5.75 Å². The van der Waals surface area contributed by atoms with Crippen molar-refractivity contribution in [2.45, 2.75) is 11.0 Å². The van der Waals surface area contributed by atoms with Crippen molar-refractivity contribution in [3.05, 3.63) is 48.4 Å². The second-order valence-electron chi connectivity index (χ2n) is 5.54. The van der Waals surface area contributed by atoms with E-state index in [2.05, 4.69) is 5.32 Å². The number of ether oxygens (including phenoxy) is 1. The van der Waals surface area contributed by atoms with Crippen LogP contribution in [0.15, 0.2) is 47.1 Å². The van der Waals surface area contributed by atoms with Gasteiger partial charge in [0.25, 0.3) is 0 Å². The molecule has 1 aliphatic rings. The number of carbonyl (C=O) groups excluding carboxylic acids is 1. The molecule has 1 aromatic heterocycles. The summed E-state index contributed by atoms with van der Waals surface area (Å²) in [6.07, 6.45) is 1.44. The fraction of sp³-hybridized carbons (Fsp3) is 0.312. The molecule has 2 aromatic rings. The van der Waals surface area contributed by atoms with Gasteiger partial charge in [0, 0.05) is 13.1 Å². The molecule has 0 saturated carbocycles. The molecule has 1 N–H and O–H groups in total. The largest absolute Gasteiger partial charge is 0.495 e. The second kappa shape index (κ2) is 6.56. The minimum Gasteiger partial charge on any atom is -0.495 e. The number of carbonyl (C=O) groups is 1. The number of benzene rings is 1. The Balaban J connectivity index is 1.57. The van der Waals surface area contributed by atoms with E-state index in [4.69, 9.17) is 9.15 Å². The molecule has 2 heterocycles. The molecule has 0 bridgehead atoms. The van der Waals surface area contributed by atoms with Gasteiger partial charge in [0.15, 0.2) is 9.84 Å². The number of rotatable bonds is 5. The van der Waals surface area contributed by atoms with Crippen LogP contribution in [0.2, 0.25) is 0 Å². The van der Waals surface area contributed by atoms with Gasteiger partial charge >= 0.3 is 6.03 Å². The molecule has 3 rings (SSSR count). The Kier molecular flexibility index (Phi) is 4.48. The van der Waals surface area contributed by atoms with Crippen molar-refractivity contribution < 1.29 is 22.4 Å². The predicted molar refractivity (Wildman–Crippen MR) is 88.7 cm³/mol. The Morgan fingerprint density at radius 3 is 2.71 bits per heavy atom. The summed E-state index contributed by atoms with van der Waals surface area (Å²) in [6, 6.07) is 9.98. The summed E-state index contributed by atoms with van der Waals surface area (Å²) in [5.41, 5.74) is 0.548. The molecule has 24 heavy (non-hydrogen) atoms. The molecular formula is C16H18N2O5S. The summed E-state index contributed by atoms with van der Waals surface area (Å²) < 4.78 is 34.8. The summed E-state index contributed by atoms with van der Waals surface area (Å²) in [5.74, 6) is 0.812. The zero-order valence-corrected chi connectivity index (χ0v) is 14.0. The lowest BCUT2D eigenvalue weighted by atomic mass is 10.2.